The summed E-state index contributed by atoms with van der Waals surface area (Å²) >= 11 is 0. The summed E-state index contributed by atoms with van der Waals surface area (Å²) in [4.78, 5) is 19.1. The summed E-state index contributed by atoms with van der Waals surface area (Å²) in [6.07, 6.45) is 2.02. The third-order valence-corrected chi connectivity index (χ3v) is 5.43. The Bertz CT molecular complexity index is 601. The molecule has 0 aliphatic carbocycles. The van der Waals surface area contributed by atoms with Gasteiger partial charge in [-0.1, -0.05) is 6.92 Å². The summed E-state index contributed by atoms with van der Waals surface area (Å²) in [6.45, 7) is 8.29. The third-order valence-electron chi connectivity index (χ3n) is 5.43. The number of hydrogen-bond donors (Lipinski definition) is 1. The van der Waals surface area contributed by atoms with Crippen molar-refractivity contribution in [1.82, 2.24) is 15.1 Å². The van der Waals surface area contributed by atoms with Gasteiger partial charge in [-0.2, -0.15) is 0 Å². The van der Waals surface area contributed by atoms with Gasteiger partial charge in [-0.3, -0.25) is 4.79 Å². The van der Waals surface area contributed by atoms with E-state index in [9.17, 15) is 9.18 Å². The summed E-state index contributed by atoms with van der Waals surface area (Å²) in [6, 6.07) is 5.18. The second-order valence-electron chi connectivity index (χ2n) is 6.94. The lowest BCUT2D eigenvalue weighted by molar-refractivity contribution is 0.0736. The number of nitrogens with zero attached hydrogens (tertiary/aromatic N) is 3. The Labute approximate surface area is 149 Å². The van der Waals surface area contributed by atoms with E-state index in [1.165, 1.54) is 6.07 Å². The van der Waals surface area contributed by atoms with Crippen molar-refractivity contribution >= 4 is 11.6 Å². The van der Waals surface area contributed by atoms with Crippen LogP contribution in [0, 0.1) is 5.82 Å². The zero-order valence-corrected chi connectivity index (χ0v) is 15.3. The van der Waals surface area contributed by atoms with Crippen LogP contribution < -0.4 is 10.2 Å². The van der Waals surface area contributed by atoms with Crippen LogP contribution in [-0.4, -0.2) is 74.6 Å². The van der Waals surface area contributed by atoms with E-state index >= 15 is 0 Å². The second-order valence-corrected chi connectivity index (χ2v) is 6.94. The number of likely N-dealkylation sites (N-methyl/N-ethyl adjacent to an activating group) is 2. The standard InChI is InChI=1S/C19H29FN4O/c1-3-22-9-11-23(12-10-22)18-7-6-15(13-17(18)20)19(25)24-8-4-5-16(24)14-21-2/h6-7,13,16,21H,3-5,8-12,14H2,1-2H3/t16-/m1/s1. The molecular weight excluding hydrogens is 319 g/mol. The van der Waals surface area contributed by atoms with Gasteiger partial charge in [-0.05, 0) is 44.6 Å². The fraction of sp³-hybridized carbons (Fsp3) is 0.632. The molecule has 3 rings (SSSR count). The Kier molecular flexibility index (Phi) is 5.91. The lowest BCUT2D eigenvalue weighted by Crippen LogP contribution is -2.46. The molecule has 1 N–H and O–H groups in total. The Morgan fingerprint density at radius 3 is 2.64 bits per heavy atom. The van der Waals surface area contributed by atoms with E-state index < -0.39 is 0 Å². The van der Waals surface area contributed by atoms with Gasteiger partial charge in [-0.15, -0.1) is 0 Å². The van der Waals surface area contributed by atoms with Crippen LogP contribution in [0.1, 0.15) is 30.1 Å². The monoisotopic (exact) mass is 348 g/mol. The number of carbonyl (C=O) groups excluding carboxylic acids is 1. The molecule has 5 nitrogen and oxygen atoms in total. The van der Waals surface area contributed by atoms with Crippen LogP contribution in [0.3, 0.4) is 0 Å². The van der Waals surface area contributed by atoms with Gasteiger partial charge in [0, 0.05) is 50.9 Å². The van der Waals surface area contributed by atoms with E-state index in [1.54, 1.807) is 12.1 Å². The number of likely N-dealkylation sites (tertiary alicyclic amines) is 1. The van der Waals surface area contributed by atoms with Crippen LogP contribution >= 0.6 is 0 Å². The van der Waals surface area contributed by atoms with Gasteiger partial charge in [0.15, 0.2) is 0 Å². The highest BCUT2D eigenvalue weighted by atomic mass is 19.1. The minimum Gasteiger partial charge on any atom is -0.367 e. The summed E-state index contributed by atoms with van der Waals surface area (Å²) < 4.78 is 14.7. The Balaban J connectivity index is 1.70. The molecule has 1 aromatic rings. The van der Waals surface area contributed by atoms with Crippen LogP contribution in [-0.2, 0) is 0 Å². The number of carbonyl (C=O) groups is 1. The van der Waals surface area contributed by atoms with Gasteiger partial charge in [0.1, 0.15) is 5.82 Å². The molecule has 6 heteroatoms. The van der Waals surface area contributed by atoms with Gasteiger partial charge < -0.3 is 20.0 Å². The normalized spacial score (nSPS) is 21.8. The summed E-state index contributed by atoms with van der Waals surface area (Å²) in [5, 5.41) is 3.14. The molecule has 0 aromatic heterocycles. The van der Waals surface area contributed by atoms with E-state index in [2.05, 4.69) is 22.0 Å². The highest BCUT2D eigenvalue weighted by Gasteiger charge is 2.29. The molecule has 2 aliphatic heterocycles. The van der Waals surface area contributed by atoms with E-state index in [4.69, 9.17) is 0 Å². The minimum absolute atomic E-state index is 0.0565. The zero-order chi connectivity index (χ0) is 17.8. The van der Waals surface area contributed by atoms with E-state index in [1.807, 2.05) is 11.9 Å². The molecule has 0 spiro atoms. The maximum absolute atomic E-state index is 14.7. The molecule has 0 bridgehead atoms. The topological polar surface area (TPSA) is 38.8 Å². The van der Waals surface area contributed by atoms with Crippen molar-refractivity contribution in [2.24, 2.45) is 0 Å². The quantitative estimate of drug-likeness (QED) is 0.881. The number of hydrogen-bond acceptors (Lipinski definition) is 4. The van der Waals surface area contributed by atoms with Crippen LogP contribution in [0.2, 0.25) is 0 Å². The maximum Gasteiger partial charge on any atom is 0.254 e. The lowest BCUT2D eigenvalue weighted by Gasteiger charge is -2.35. The molecule has 25 heavy (non-hydrogen) atoms. The highest BCUT2D eigenvalue weighted by molar-refractivity contribution is 5.95. The van der Waals surface area contributed by atoms with Crippen molar-refractivity contribution in [2.45, 2.75) is 25.8 Å². The SMILES string of the molecule is CCN1CCN(c2ccc(C(=O)N3CCC[C@@H]3CNC)cc2F)CC1. The summed E-state index contributed by atoms with van der Waals surface area (Å²) in [7, 11) is 1.90. The van der Waals surface area contributed by atoms with Crippen molar-refractivity contribution in [3.05, 3.63) is 29.6 Å². The van der Waals surface area contributed by atoms with Crippen LogP contribution in [0.25, 0.3) is 0 Å². The molecule has 138 valence electrons. The Morgan fingerprint density at radius 2 is 2.00 bits per heavy atom. The molecule has 0 radical (unpaired) electrons. The van der Waals surface area contributed by atoms with Crippen LogP contribution in [0.15, 0.2) is 18.2 Å². The lowest BCUT2D eigenvalue weighted by atomic mass is 10.1. The van der Waals surface area contributed by atoms with Crippen molar-refractivity contribution in [2.75, 3.05) is 57.8 Å². The molecule has 0 saturated carbocycles. The fourth-order valence-electron chi connectivity index (χ4n) is 3.92. The molecule has 2 heterocycles. The number of nitrogens with one attached hydrogen (secondary N) is 1. The highest BCUT2D eigenvalue weighted by Crippen LogP contribution is 2.25. The zero-order valence-electron chi connectivity index (χ0n) is 15.3. The Hall–Kier alpha value is -1.66. The molecule has 1 amide bonds. The predicted molar refractivity (Wildman–Crippen MR) is 98.7 cm³/mol. The number of piperazine rings is 1. The van der Waals surface area contributed by atoms with Gasteiger partial charge in [0.05, 0.1) is 5.69 Å². The van der Waals surface area contributed by atoms with E-state index in [0.29, 0.717) is 11.3 Å². The fourth-order valence-corrected chi connectivity index (χ4v) is 3.92. The molecule has 1 aromatic carbocycles. The van der Waals surface area contributed by atoms with Crippen molar-refractivity contribution in [3.8, 4) is 0 Å². The molecule has 0 unspecified atom stereocenters. The first-order chi connectivity index (χ1) is 12.1. The average Bonchev–Trinajstić information content (AvgIpc) is 3.10. The maximum atomic E-state index is 14.7. The second kappa shape index (κ2) is 8.15. The molecule has 2 saturated heterocycles. The number of halogens is 1. The smallest absolute Gasteiger partial charge is 0.254 e. The van der Waals surface area contributed by atoms with Gasteiger partial charge in [-0.25, -0.2) is 4.39 Å². The van der Waals surface area contributed by atoms with E-state index in [-0.39, 0.29) is 17.8 Å². The number of benzene rings is 1. The first kappa shape index (κ1) is 18.1. The number of anilines is 1. The minimum atomic E-state index is -0.292. The summed E-state index contributed by atoms with van der Waals surface area (Å²) in [5.74, 6) is -0.348. The van der Waals surface area contributed by atoms with Crippen LogP contribution in [0.4, 0.5) is 10.1 Å². The Morgan fingerprint density at radius 1 is 1.24 bits per heavy atom. The van der Waals surface area contributed by atoms with Crippen LogP contribution in [0.5, 0.6) is 0 Å². The molecule has 2 aliphatic rings. The first-order valence-corrected chi connectivity index (χ1v) is 9.36. The largest absolute Gasteiger partial charge is 0.367 e. The number of rotatable bonds is 5. The van der Waals surface area contributed by atoms with Crippen molar-refractivity contribution in [1.29, 1.82) is 0 Å². The van der Waals surface area contributed by atoms with Crippen molar-refractivity contribution < 1.29 is 9.18 Å². The molecule has 2 fully saturated rings. The van der Waals surface area contributed by atoms with Gasteiger partial charge in [0.25, 0.3) is 5.91 Å². The first-order valence-electron chi connectivity index (χ1n) is 9.36. The number of amides is 1. The van der Waals surface area contributed by atoms with E-state index in [0.717, 1.165) is 58.7 Å². The van der Waals surface area contributed by atoms with Crippen molar-refractivity contribution in [3.63, 3.8) is 0 Å². The average molecular weight is 348 g/mol. The summed E-state index contributed by atoms with van der Waals surface area (Å²) in [5.41, 5.74) is 1.07. The van der Waals surface area contributed by atoms with Gasteiger partial charge in [0.2, 0.25) is 0 Å². The predicted octanol–water partition coefficient (Wildman–Crippen LogP) is 1.79. The third kappa shape index (κ3) is 3.96. The van der Waals surface area contributed by atoms with Gasteiger partial charge >= 0.3 is 0 Å². The molecular formula is C19H29FN4O. The molecule has 1 atom stereocenters.